The number of hydrogen-bond donors (Lipinski definition) is 1. The second-order valence-corrected chi connectivity index (χ2v) is 6.73. The largest absolute Gasteiger partial charge is 0.507 e. The maximum absolute atomic E-state index is 12.9. The average molecular weight is 419 g/mol. The summed E-state index contributed by atoms with van der Waals surface area (Å²) < 4.78 is 16.4. The number of rotatable bonds is 6. The number of nitro benzene ring substituents is 1. The van der Waals surface area contributed by atoms with Crippen LogP contribution in [0.25, 0.3) is 22.1 Å². The molecule has 0 spiro atoms. The lowest BCUT2D eigenvalue weighted by Gasteiger charge is -2.09. The summed E-state index contributed by atoms with van der Waals surface area (Å²) in [7, 11) is 1.55. The van der Waals surface area contributed by atoms with Crippen LogP contribution in [0.2, 0.25) is 0 Å². The third-order valence-electron chi connectivity index (χ3n) is 4.78. The summed E-state index contributed by atoms with van der Waals surface area (Å²) >= 11 is 0. The van der Waals surface area contributed by atoms with Crippen LogP contribution in [0.15, 0.2) is 76.1 Å². The third kappa shape index (κ3) is 4.04. The Hall–Kier alpha value is -4.33. The molecule has 0 radical (unpaired) electrons. The Balaban J connectivity index is 1.61. The van der Waals surface area contributed by atoms with Gasteiger partial charge in [0.05, 0.1) is 17.6 Å². The van der Waals surface area contributed by atoms with Crippen LogP contribution in [0, 0.1) is 10.1 Å². The minimum absolute atomic E-state index is 0.0125. The molecule has 0 atom stereocenters. The Morgan fingerprint density at radius 2 is 1.74 bits per heavy atom. The fourth-order valence-corrected chi connectivity index (χ4v) is 3.14. The Morgan fingerprint density at radius 3 is 2.39 bits per heavy atom. The van der Waals surface area contributed by atoms with Crippen LogP contribution in [-0.4, -0.2) is 17.1 Å². The summed E-state index contributed by atoms with van der Waals surface area (Å²) in [6.07, 6.45) is 1.34. The van der Waals surface area contributed by atoms with Crippen LogP contribution in [0.1, 0.15) is 5.56 Å². The van der Waals surface area contributed by atoms with Gasteiger partial charge >= 0.3 is 0 Å². The van der Waals surface area contributed by atoms with E-state index in [-0.39, 0.29) is 34.4 Å². The molecule has 3 aromatic carbocycles. The lowest BCUT2D eigenvalue weighted by Crippen LogP contribution is -2.05. The summed E-state index contributed by atoms with van der Waals surface area (Å²) in [5.41, 5.74) is 1.45. The second kappa shape index (κ2) is 8.19. The van der Waals surface area contributed by atoms with Crippen LogP contribution < -0.4 is 14.9 Å². The number of benzene rings is 3. The molecule has 0 saturated carbocycles. The molecular formula is C23H17NO7. The first kappa shape index (κ1) is 20.0. The van der Waals surface area contributed by atoms with E-state index in [1.54, 1.807) is 43.5 Å². The second-order valence-electron chi connectivity index (χ2n) is 6.73. The number of non-ortho nitro benzene ring substituents is 1. The first-order valence-electron chi connectivity index (χ1n) is 9.25. The molecule has 156 valence electrons. The Labute approximate surface area is 176 Å². The molecule has 0 aliphatic carbocycles. The highest BCUT2D eigenvalue weighted by molar-refractivity contribution is 5.88. The SMILES string of the molecule is COc1ccc(-c2coc3cc(OCc4ccc([N+](=O)[O-])cc4)cc(O)c3c2=O)cc1. The van der Waals surface area contributed by atoms with Crippen molar-refractivity contribution in [2.24, 2.45) is 0 Å². The molecule has 0 unspecified atom stereocenters. The molecule has 0 fully saturated rings. The molecular weight excluding hydrogens is 402 g/mol. The fourth-order valence-electron chi connectivity index (χ4n) is 3.14. The van der Waals surface area contributed by atoms with Gasteiger partial charge in [0, 0.05) is 24.3 Å². The monoisotopic (exact) mass is 419 g/mol. The molecule has 8 heteroatoms. The molecule has 1 N–H and O–H groups in total. The van der Waals surface area contributed by atoms with Crippen molar-refractivity contribution in [3.63, 3.8) is 0 Å². The first-order chi connectivity index (χ1) is 15.0. The van der Waals surface area contributed by atoms with Gasteiger partial charge in [-0.05, 0) is 35.4 Å². The molecule has 0 aliphatic heterocycles. The molecule has 4 rings (SSSR count). The van der Waals surface area contributed by atoms with Gasteiger partial charge in [-0.15, -0.1) is 0 Å². The van der Waals surface area contributed by atoms with Crippen LogP contribution >= 0.6 is 0 Å². The average Bonchev–Trinajstić information content (AvgIpc) is 2.78. The summed E-state index contributed by atoms with van der Waals surface area (Å²) in [6, 6.07) is 15.7. The Morgan fingerprint density at radius 1 is 1.03 bits per heavy atom. The highest BCUT2D eigenvalue weighted by atomic mass is 16.6. The topological polar surface area (TPSA) is 112 Å². The molecule has 0 aliphatic rings. The standard InChI is InChI=1S/C23H17NO7/c1-29-17-8-4-15(5-9-17)19-13-31-21-11-18(10-20(25)22(21)23(19)26)30-12-14-2-6-16(7-3-14)24(27)28/h2-11,13,25H,12H2,1H3. The zero-order chi connectivity index (χ0) is 22.0. The van der Waals surface area contributed by atoms with Crippen molar-refractivity contribution in [2.75, 3.05) is 7.11 Å². The Kier molecular flexibility index (Phi) is 5.28. The van der Waals surface area contributed by atoms with Gasteiger partial charge in [0.25, 0.3) is 5.69 Å². The van der Waals surface area contributed by atoms with E-state index in [1.165, 1.54) is 30.5 Å². The number of ether oxygens (including phenoxy) is 2. The van der Waals surface area contributed by atoms with Gasteiger partial charge in [-0.3, -0.25) is 14.9 Å². The molecule has 1 heterocycles. The van der Waals surface area contributed by atoms with Gasteiger partial charge in [-0.2, -0.15) is 0 Å². The number of phenols is 1. The lowest BCUT2D eigenvalue weighted by molar-refractivity contribution is -0.384. The lowest BCUT2D eigenvalue weighted by atomic mass is 10.0. The van der Waals surface area contributed by atoms with Gasteiger partial charge < -0.3 is 19.0 Å². The van der Waals surface area contributed by atoms with E-state index in [0.29, 0.717) is 28.2 Å². The number of hydrogen-bond acceptors (Lipinski definition) is 7. The van der Waals surface area contributed by atoms with Crippen LogP contribution in [0.5, 0.6) is 17.2 Å². The molecule has 8 nitrogen and oxygen atoms in total. The summed E-state index contributed by atoms with van der Waals surface area (Å²) in [4.78, 5) is 23.2. The van der Waals surface area contributed by atoms with Crippen molar-refractivity contribution in [3.05, 3.63) is 92.8 Å². The van der Waals surface area contributed by atoms with Crippen molar-refractivity contribution in [2.45, 2.75) is 6.61 Å². The number of fused-ring (bicyclic) bond motifs is 1. The minimum Gasteiger partial charge on any atom is -0.507 e. The van der Waals surface area contributed by atoms with Crippen molar-refractivity contribution in [3.8, 4) is 28.4 Å². The zero-order valence-electron chi connectivity index (χ0n) is 16.4. The fraction of sp³-hybridized carbons (Fsp3) is 0.0870. The maximum atomic E-state index is 12.9. The summed E-state index contributed by atoms with van der Waals surface area (Å²) in [5, 5.41) is 21.2. The van der Waals surface area contributed by atoms with Crippen LogP contribution in [-0.2, 0) is 6.61 Å². The van der Waals surface area contributed by atoms with Crippen molar-refractivity contribution >= 4 is 16.7 Å². The maximum Gasteiger partial charge on any atom is 0.269 e. The molecule has 0 amide bonds. The Bertz CT molecular complexity index is 1310. The van der Waals surface area contributed by atoms with Gasteiger partial charge in [0.2, 0.25) is 5.43 Å². The summed E-state index contributed by atoms with van der Waals surface area (Å²) in [5.74, 6) is 0.690. The number of phenolic OH excluding ortho intramolecular Hbond substituents is 1. The van der Waals surface area contributed by atoms with E-state index >= 15 is 0 Å². The van der Waals surface area contributed by atoms with Gasteiger partial charge in [-0.25, -0.2) is 0 Å². The molecule has 4 aromatic rings. The van der Waals surface area contributed by atoms with Gasteiger partial charge in [-0.1, -0.05) is 12.1 Å². The molecule has 0 saturated heterocycles. The molecule has 0 bridgehead atoms. The quantitative estimate of drug-likeness (QED) is 0.357. The smallest absolute Gasteiger partial charge is 0.269 e. The van der Waals surface area contributed by atoms with Crippen LogP contribution in [0.4, 0.5) is 5.69 Å². The van der Waals surface area contributed by atoms with Crippen molar-refractivity contribution in [1.82, 2.24) is 0 Å². The highest BCUT2D eigenvalue weighted by Crippen LogP contribution is 2.31. The normalized spacial score (nSPS) is 10.7. The summed E-state index contributed by atoms with van der Waals surface area (Å²) in [6.45, 7) is 0.122. The van der Waals surface area contributed by atoms with E-state index < -0.39 is 4.92 Å². The highest BCUT2D eigenvalue weighted by Gasteiger charge is 2.15. The first-order valence-corrected chi connectivity index (χ1v) is 9.25. The number of methoxy groups -OCH3 is 1. The van der Waals surface area contributed by atoms with E-state index in [2.05, 4.69) is 0 Å². The zero-order valence-corrected chi connectivity index (χ0v) is 16.4. The van der Waals surface area contributed by atoms with Crippen molar-refractivity contribution < 1.29 is 23.9 Å². The molecule has 31 heavy (non-hydrogen) atoms. The number of nitro groups is 1. The van der Waals surface area contributed by atoms with Gasteiger partial charge in [0.1, 0.15) is 41.1 Å². The minimum atomic E-state index is -0.478. The van der Waals surface area contributed by atoms with E-state index in [0.717, 1.165) is 0 Å². The van der Waals surface area contributed by atoms with Crippen LogP contribution in [0.3, 0.4) is 0 Å². The predicted octanol–water partition coefficient (Wildman–Crippen LogP) is 4.66. The number of aromatic hydroxyl groups is 1. The third-order valence-corrected chi connectivity index (χ3v) is 4.78. The van der Waals surface area contributed by atoms with E-state index in [9.17, 15) is 20.0 Å². The molecule has 1 aromatic heterocycles. The van der Waals surface area contributed by atoms with Crippen molar-refractivity contribution in [1.29, 1.82) is 0 Å². The predicted molar refractivity (Wildman–Crippen MR) is 114 cm³/mol. The van der Waals surface area contributed by atoms with Gasteiger partial charge in [0.15, 0.2) is 0 Å². The number of nitrogens with zero attached hydrogens (tertiary/aromatic N) is 1. The van der Waals surface area contributed by atoms with E-state index in [4.69, 9.17) is 13.9 Å². The van der Waals surface area contributed by atoms with E-state index in [1.807, 2.05) is 0 Å².